The third-order valence-corrected chi connectivity index (χ3v) is 3.67. The lowest BCUT2D eigenvalue weighted by Crippen LogP contribution is -2.38. The fraction of sp³-hybridized carbons (Fsp3) is 0.588. The van der Waals surface area contributed by atoms with Crippen molar-refractivity contribution in [1.82, 2.24) is 4.90 Å². The summed E-state index contributed by atoms with van der Waals surface area (Å²) < 4.78 is 11.8. The van der Waals surface area contributed by atoms with Crippen LogP contribution in [0, 0.1) is 9.49 Å². The van der Waals surface area contributed by atoms with E-state index in [1.807, 2.05) is 39.0 Å². The first-order chi connectivity index (χ1) is 10.1. The fourth-order valence-electron chi connectivity index (χ4n) is 2.00. The first kappa shape index (κ1) is 19.1. The number of nitrogens with zero attached hydrogens (tertiary/aromatic N) is 1. The fourth-order valence-corrected chi connectivity index (χ4v) is 2.80. The Kier molecular flexibility index (Phi) is 6.97. The molecule has 0 aliphatic carbocycles. The third kappa shape index (κ3) is 6.42. The largest absolute Gasteiger partial charge is 0.496 e. The minimum atomic E-state index is -0.485. The van der Waals surface area contributed by atoms with Crippen molar-refractivity contribution in [3.8, 4) is 5.75 Å². The molecule has 124 valence electrons. The Morgan fingerprint density at radius 2 is 1.95 bits per heavy atom. The quantitative estimate of drug-likeness (QED) is 0.650. The molecule has 0 aromatic heterocycles. The summed E-state index contributed by atoms with van der Waals surface area (Å²) in [5.74, 6) is 1.22. The van der Waals surface area contributed by atoms with Crippen LogP contribution in [0.4, 0.5) is 4.79 Å². The lowest BCUT2D eigenvalue weighted by molar-refractivity contribution is 0.0211. The Morgan fingerprint density at radius 1 is 1.32 bits per heavy atom. The average molecular weight is 419 g/mol. The maximum Gasteiger partial charge on any atom is 0.410 e. The Hall–Kier alpha value is -0.980. The molecule has 22 heavy (non-hydrogen) atoms. The Morgan fingerprint density at radius 3 is 2.41 bits per heavy atom. The molecule has 0 saturated carbocycles. The number of ether oxygens (including phenoxy) is 2. The number of carbonyl (C=O) groups excluding carboxylic acids is 1. The molecule has 0 N–H and O–H groups in total. The summed E-state index contributed by atoms with van der Waals surface area (Å²) in [4.78, 5) is 14.1. The van der Waals surface area contributed by atoms with Crippen molar-refractivity contribution in [2.24, 2.45) is 5.92 Å². The number of halogens is 1. The lowest BCUT2D eigenvalue weighted by Gasteiger charge is -2.28. The summed E-state index contributed by atoms with van der Waals surface area (Å²) in [5, 5.41) is 0. The minimum absolute atomic E-state index is 0.271. The molecule has 1 amide bonds. The number of hydrogen-bond donors (Lipinski definition) is 0. The maximum absolute atomic E-state index is 12.4. The summed E-state index contributed by atoms with van der Waals surface area (Å²) in [6, 6.07) is 5.95. The molecular formula is C17H26INO3. The zero-order valence-corrected chi connectivity index (χ0v) is 16.4. The molecule has 1 aromatic carbocycles. The molecule has 0 spiro atoms. The van der Waals surface area contributed by atoms with Crippen molar-refractivity contribution >= 4 is 28.7 Å². The first-order valence-electron chi connectivity index (χ1n) is 7.42. The van der Waals surface area contributed by atoms with Crippen LogP contribution in [0.15, 0.2) is 18.2 Å². The zero-order valence-electron chi connectivity index (χ0n) is 14.3. The van der Waals surface area contributed by atoms with Crippen LogP contribution in [0.3, 0.4) is 0 Å². The standard InChI is InChI=1S/C17H26INO3/c1-12(2)10-19(16(20)22-17(3,4)5)11-13-7-8-15(21-6)14(18)9-13/h7-9,12H,10-11H2,1-6H3. The Balaban J connectivity index is 2.89. The van der Waals surface area contributed by atoms with Gasteiger partial charge in [0.25, 0.3) is 0 Å². The van der Waals surface area contributed by atoms with E-state index in [2.05, 4.69) is 36.4 Å². The van der Waals surface area contributed by atoms with Gasteiger partial charge in [-0.3, -0.25) is 0 Å². The minimum Gasteiger partial charge on any atom is -0.496 e. The van der Waals surface area contributed by atoms with Gasteiger partial charge in [-0.05, 0) is 67.0 Å². The average Bonchev–Trinajstić information content (AvgIpc) is 2.35. The normalized spacial score (nSPS) is 11.5. The highest BCUT2D eigenvalue weighted by Gasteiger charge is 2.23. The van der Waals surface area contributed by atoms with E-state index in [1.54, 1.807) is 12.0 Å². The van der Waals surface area contributed by atoms with Gasteiger partial charge in [0.2, 0.25) is 0 Å². The van der Waals surface area contributed by atoms with Crippen molar-refractivity contribution < 1.29 is 14.3 Å². The summed E-state index contributed by atoms with van der Waals surface area (Å²) in [6.07, 6.45) is -0.271. The van der Waals surface area contributed by atoms with Crippen LogP contribution in [0.1, 0.15) is 40.2 Å². The monoisotopic (exact) mass is 419 g/mol. The van der Waals surface area contributed by atoms with Gasteiger partial charge in [0.1, 0.15) is 11.4 Å². The van der Waals surface area contributed by atoms with Crippen molar-refractivity contribution in [3.63, 3.8) is 0 Å². The highest BCUT2D eigenvalue weighted by molar-refractivity contribution is 14.1. The van der Waals surface area contributed by atoms with E-state index >= 15 is 0 Å². The van der Waals surface area contributed by atoms with Gasteiger partial charge >= 0.3 is 6.09 Å². The second-order valence-corrected chi connectivity index (χ2v) is 7.89. The van der Waals surface area contributed by atoms with Crippen LogP contribution in [0.25, 0.3) is 0 Å². The van der Waals surface area contributed by atoms with E-state index in [9.17, 15) is 4.79 Å². The molecule has 1 aromatic rings. The predicted molar refractivity (Wildman–Crippen MR) is 97.2 cm³/mol. The van der Waals surface area contributed by atoms with Gasteiger partial charge in [-0.15, -0.1) is 0 Å². The van der Waals surface area contributed by atoms with Crippen LogP contribution in [0.5, 0.6) is 5.75 Å². The van der Waals surface area contributed by atoms with E-state index < -0.39 is 5.60 Å². The first-order valence-corrected chi connectivity index (χ1v) is 8.50. The van der Waals surface area contributed by atoms with E-state index in [-0.39, 0.29) is 6.09 Å². The topological polar surface area (TPSA) is 38.8 Å². The predicted octanol–water partition coefficient (Wildman–Crippen LogP) is 4.69. The second-order valence-electron chi connectivity index (χ2n) is 6.72. The number of methoxy groups -OCH3 is 1. The van der Waals surface area contributed by atoms with E-state index in [4.69, 9.17) is 9.47 Å². The molecule has 0 atom stereocenters. The molecule has 0 heterocycles. The molecule has 1 rings (SSSR count). The molecule has 0 bridgehead atoms. The van der Waals surface area contributed by atoms with Crippen LogP contribution in [0.2, 0.25) is 0 Å². The van der Waals surface area contributed by atoms with Crippen molar-refractivity contribution in [3.05, 3.63) is 27.3 Å². The van der Waals surface area contributed by atoms with E-state index in [0.29, 0.717) is 19.0 Å². The van der Waals surface area contributed by atoms with Gasteiger partial charge in [0.15, 0.2) is 0 Å². The van der Waals surface area contributed by atoms with Gasteiger partial charge in [-0.1, -0.05) is 19.9 Å². The molecular weight excluding hydrogens is 393 g/mol. The van der Waals surface area contributed by atoms with Crippen LogP contribution in [-0.4, -0.2) is 30.2 Å². The van der Waals surface area contributed by atoms with Crippen molar-refractivity contribution in [2.75, 3.05) is 13.7 Å². The molecule has 0 radical (unpaired) electrons. The smallest absolute Gasteiger partial charge is 0.410 e. The third-order valence-electron chi connectivity index (χ3n) is 2.83. The molecule has 0 fully saturated rings. The van der Waals surface area contributed by atoms with Gasteiger partial charge < -0.3 is 14.4 Å². The number of carbonyl (C=O) groups is 1. The molecule has 0 aliphatic rings. The van der Waals surface area contributed by atoms with Gasteiger partial charge in [-0.25, -0.2) is 4.79 Å². The molecule has 0 unspecified atom stereocenters. The highest BCUT2D eigenvalue weighted by atomic mass is 127. The van der Waals surface area contributed by atoms with Gasteiger partial charge in [0.05, 0.1) is 10.7 Å². The van der Waals surface area contributed by atoms with Crippen molar-refractivity contribution in [2.45, 2.75) is 46.8 Å². The lowest BCUT2D eigenvalue weighted by atomic mass is 10.1. The Labute approximate surface area is 147 Å². The summed E-state index contributed by atoms with van der Waals surface area (Å²) in [6.45, 7) is 11.0. The second kappa shape index (κ2) is 8.04. The SMILES string of the molecule is COc1ccc(CN(CC(C)C)C(=O)OC(C)(C)C)cc1I. The summed E-state index contributed by atoms with van der Waals surface area (Å²) >= 11 is 2.24. The van der Waals surface area contributed by atoms with Gasteiger partial charge in [-0.2, -0.15) is 0 Å². The number of amides is 1. The number of benzene rings is 1. The van der Waals surface area contributed by atoms with E-state index in [0.717, 1.165) is 14.9 Å². The van der Waals surface area contributed by atoms with E-state index in [1.165, 1.54) is 0 Å². The summed E-state index contributed by atoms with van der Waals surface area (Å²) in [5.41, 5.74) is 0.581. The van der Waals surface area contributed by atoms with Crippen LogP contribution < -0.4 is 4.74 Å². The number of rotatable bonds is 5. The maximum atomic E-state index is 12.4. The van der Waals surface area contributed by atoms with Crippen molar-refractivity contribution in [1.29, 1.82) is 0 Å². The number of hydrogen-bond acceptors (Lipinski definition) is 3. The molecule has 0 saturated heterocycles. The highest BCUT2D eigenvalue weighted by Crippen LogP contribution is 2.23. The van der Waals surface area contributed by atoms with Crippen LogP contribution >= 0.6 is 22.6 Å². The summed E-state index contributed by atoms with van der Waals surface area (Å²) in [7, 11) is 1.66. The molecule has 0 aliphatic heterocycles. The molecule has 4 nitrogen and oxygen atoms in total. The van der Waals surface area contributed by atoms with Gasteiger partial charge in [0, 0.05) is 13.1 Å². The van der Waals surface area contributed by atoms with Crippen LogP contribution in [-0.2, 0) is 11.3 Å². The zero-order chi connectivity index (χ0) is 16.9. The molecule has 5 heteroatoms. The Bertz CT molecular complexity index is 509.